The number of para-hydroxylation sites is 1. The van der Waals surface area contributed by atoms with Crippen LogP contribution in [-0.2, 0) is 0 Å². The lowest BCUT2D eigenvalue weighted by molar-refractivity contribution is 0.426. The van der Waals surface area contributed by atoms with Crippen LogP contribution in [0.3, 0.4) is 0 Å². The fourth-order valence-corrected chi connectivity index (χ4v) is 11.5. The molecule has 0 bridgehead atoms. The van der Waals surface area contributed by atoms with E-state index in [1.54, 1.807) is 0 Å². The molecule has 0 radical (unpaired) electrons. The van der Waals surface area contributed by atoms with Crippen molar-refractivity contribution in [2.75, 3.05) is 0 Å². The summed E-state index contributed by atoms with van der Waals surface area (Å²) in [6.07, 6.45) is 0. The lowest BCUT2D eigenvalue weighted by Gasteiger charge is -2.19. The van der Waals surface area contributed by atoms with Crippen molar-refractivity contribution in [3.63, 3.8) is 0 Å². The van der Waals surface area contributed by atoms with E-state index in [0.29, 0.717) is 5.46 Å². The van der Waals surface area contributed by atoms with Gasteiger partial charge < -0.3 is 10.0 Å². The SMILES string of the molecule is OB(O)c1cc2ccccc2c2ccccc12.c1ccc2nc(-c3ccc(-c4cc(-c5cc6ccccc6c6ccccc56)c5cc(-c6cc7ccccc7c7ccccc67)c6ccccc6c5n4)cc3)ccc2c1. The van der Waals surface area contributed by atoms with Crippen molar-refractivity contribution in [3.05, 3.63) is 261 Å². The highest BCUT2D eigenvalue weighted by Gasteiger charge is 2.21. The van der Waals surface area contributed by atoms with Crippen LogP contribution in [-0.4, -0.2) is 27.1 Å². The number of nitrogens with zero attached hydrogens (tertiary/aromatic N) is 2. The second-order valence-electron chi connectivity index (χ2n) is 19.4. The van der Waals surface area contributed by atoms with E-state index in [4.69, 9.17) is 9.97 Å². The number of benzene rings is 13. The Balaban J connectivity index is 0.000000257. The number of pyridine rings is 2. The molecule has 2 aromatic heterocycles. The van der Waals surface area contributed by atoms with Crippen molar-refractivity contribution in [1.82, 2.24) is 9.97 Å². The lowest BCUT2D eigenvalue weighted by Crippen LogP contribution is -2.30. The van der Waals surface area contributed by atoms with Gasteiger partial charge in [-0.05, 0) is 134 Å². The smallest absolute Gasteiger partial charge is 0.423 e. The average Bonchev–Trinajstić information content (AvgIpc) is 3.49. The van der Waals surface area contributed by atoms with Crippen LogP contribution in [0.15, 0.2) is 261 Å². The Hall–Kier alpha value is -9.52. The maximum atomic E-state index is 9.44. The number of aromatic nitrogens is 2. The summed E-state index contributed by atoms with van der Waals surface area (Å²) in [6, 6.07) is 92.3. The van der Waals surface area contributed by atoms with Gasteiger partial charge >= 0.3 is 7.12 Å². The number of fused-ring (bicyclic) bond motifs is 13. The van der Waals surface area contributed by atoms with Gasteiger partial charge in [0, 0.05) is 27.3 Å². The monoisotopic (exact) mass is 956 g/mol. The summed E-state index contributed by atoms with van der Waals surface area (Å²) in [5.74, 6) is 0. The zero-order valence-corrected chi connectivity index (χ0v) is 40.7. The van der Waals surface area contributed by atoms with E-state index in [0.717, 1.165) is 71.3 Å². The summed E-state index contributed by atoms with van der Waals surface area (Å²) in [6.45, 7) is 0. The molecule has 13 aromatic carbocycles. The maximum Gasteiger partial charge on any atom is 0.489 e. The summed E-state index contributed by atoms with van der Waals surface area (Å²) in [7, 11) is -1.44. The molecule has 0 aliphatic rings. The van der Waals surface area contributed by atoms with Crippen LogP contribution in [0.5, 0.6) is 0 Å². The lowest BCUT2D eigenvalue weighted by atomic mass is 9.76. The van der Waals surface area contributed by atoms with Crippen molar-refractivity contribution >= 4 is 110 Å². The van der Waals surface area contributed by atoms with E-state index in [-0.39, 0.29) is 0 Å². The molecule has 0 fully saturated rings. The fourth-order valence-electron chi connectivity index (χ4n) is 11.5. The zero-order valence-electron chi connectivity index (χ0n) is 40.7. The molecule has 4 nitrogen and oxygen atoms in total. The van der Waals surface area contributed by atoms with E-state index in [1.807, 2.05) is 60.7 Å². The molecule has 0 spiro atoms. The van der Waals surface area contributed by atoms with Gasteiger partial charge in [-0.3, -0.25) is 0 Å². The van der Waals surface area contributed by atoms with Crippen molar-refractivity contribution in [2.45, 2.75) is 0 Å². The third-order valence-electron chi connectivity index (χ3n) is 15.1. The number of hydrogen-bond donors (Lipinski definition) is 2. The zero-order chi connectivity index (χ0) is 50.0. The summed E-state index contributed by atoms with van der Waals surface area (Å²) >= 11 is 0. The molecule has 15 aromatic rings. The second kappa shape index (κ2) is 18.2. The first kappa shape index (κ1) is 44.2. The van der Waals surface area contributed by atoms with Crippen molar-refractivity contribution in [3.8, 4) is 44.8 Å². The van der Waals surface area contributed by atoms with Gasteiger partial charge in [0.05, 0.1) is 22.4 Å². The first-order valence-corrected chi connectivity index (χ1v) is 25.4. The van der Waals surface area contributed by atoms with Crippen LogP contribution >= 0.6 is 0 Å². The molecule has 2 heterocycles. The highest BCUT2D eigenvalue weighted by atomic mass is 16.4. The van der Waals surface area contributed by atoms with Crippen molar-refractivity contribution < 1.29 is 10.0 Å². The summed E-state index contributed by atoms with van der Waals surface area (Å²) in [5, 5.41) is 37.5. The van der Waals surface area contributed by atoms with Crippen LogP contribution < -0.4 is 5.46 Å². The van der Waals surface area contributed by atoms with Gasteiger partial charge in [-0.2, -0.15) is 0 Å². The molecular formula is C70H45BN2O2. The van der Waals surface area contributed by atoms with Gasteiger partial charge in [-0.25, -0.2) is 9.97 Å². The highest BCUT2D eigenvalue weighted by Crippen LogP contribution is 2.45. The topological polar surface area (TPSA) is 66.2 Å². The molecule has 350 valence electrons. The minimum absolute atomic E-state index is 0.555. The van der Waals surface area contributed by atoms with Crippen molar-refractivity contribution in [1.29, 1.82) is 0 Å². The Kier molecular flexibility index (Phi) is 10.7. The molecular weight excluding hydrogens is 912 g/mol. The third-order valence-corrected chi connectivity index (χ3v) is 15.1. The normalized spacial score (nSPS) is 11.6. The van der Waals surface area contributed by atoms with E-state index in [9.17, 15) is 10.0 Å². The van der Waals surface area contributed by atoms with Crippen LogP contribution in [0.25, 0.3) is 142 Å². The van der Waals surface area contributed by atoms with Crippen LogP contribution in [0.1, 0.15) is 0 Å². The summed E-state index contributed by atoms with van der Waals surface area (Å²) < 4.78 is 0. The first-order valence-electron chi connectivity index (χ1n) is 25.4. The molecule has 0 amide bonds. The van der Waals surface area contributed by atoms with Crippen molar-refractivity contribution in [2.24, 2.45) is 0 Å². The molecule has 2 N–H and O–H groups in total. The van der Waals surface area contributed by atoms with Gasteiger partial charge in [0.25, 0.3) is 0 Å². The number of hydrogen-bond acceptors (Lipinski definition) is 4. The Labute approximate surface area is 433 Å². The summed E-state index contributed by atoms with van der Waals surface area (Å²) in [4.78, 5) is 10.6. The molecule has 0 aliphatic heterocycles. The van der Waals surface area contributed by atoms with Crippen LogP contribution in [0, 0.1) is 0 Å². The third kappa shape index (κ3) is 7.64. The molecule has 5 heteroatoms. The Morgan fingerprint density at radius 2 is 0.640 bits per heavy atom. The van der Waals surface area contributed by atoms with E-state index >= 15 is 0 Å². The molecule has 0 saturated carbocycles. The maximum absolute atomic E-state index is 9.44. The largest absolute Gasteiger partial charge is 0.489 e. The van der Waals surface area contributed by atoms with E-state index in [2.05, 4.69) is 200 Å². The quantitative estimate of drug-likeness (QED) is 0.133. The van der Waals surface area contributed by atoms with Gasteiger partial charge in [0.15, 0.2) is 0 Å². The Bertz CT molecular complexity index is 4760. The van der Waals surface area contributed by atoms with E-state index < -0.39 is 7.12 Å². The first-order chi connectivity index (χ1) is 37.0. The molecule has 0 unspecified atom stereocenters. The minimum atomic E-state index is -1.44. The average molecular weight is 957 g/mol. The summed E-state index contributed by atoms with van der Waals surface area (Å²) in [5.41, 5.74) is 11.4. The second-order valence-corrected chi connectivity index (χ2v) is 19.4. The van der Waals surface area contributed by atoms with E-state index in [1.165, 1.54) is 70.7 Å². The van der Waals surface area contributed by atoms with Gasteiger partial charge in [-0.15, -0.1) is 0 Å². The van der Waals surface area contributed by atoms with Crippen LogP contribution in [0.2, 0.25) is 0 Å². The minimum Gasteiger partial charge on any atom is -0.423 e. The predicted molar refractivity (Wildman–Crippen MR) is 318 cm³/mol. The van der Waals surface area contributed by atoms with Gasteiger partial charge in [0.2, 0.25) is 0 Å². The Morgan fingerprint density at radius 1 is 0.253 bits per heavy atom. The molecule has 75 heavy (non-hydrogen) atoms. The number of rotatable bonds is 5. The molecule has 0 aliphatic carbocycles. The predicted octanol–water partition coefficient (Wildman–Crippen LogP) is 16.9. The fraction of sp³-hybridized carbons (Fsp3) is 0. The highest BCUT2D eigenvalue weighted by molar-refractivity contribution is 6.62. The van der Waals surface area contributed by atoms with Gasteiger partial charge in [0.1, 0.15) is 0 Å². The Morgan fingerprint density at radius 3 is 1.19 bits per heavy atom. The van der Waals surface area contributed by atoms with Gasteiger partial charge in [-0.1, -0.05) is 224 Å². The molecule has 15 rings (SSSR count). The molecule has 0 saturated heterocycles. The van der Waals surface area contributed by atoms with Crippen LogP contribution in [0.4, 0.5) is 0 Å². The molecule has 0 atom stereocenters. The standard InChI is InChI=1S/C56H34N2.C14H11BO2/c1-4-16-40-38(14-1)31-48(44-20-8-6-18-42(40)44)50-33-52-51(49-32-39-15-2-5-17-41(39)43-19-7-9-21-45(43)49)34-55(58-56(52)47-23-11-10-22-46(47)50)37-27-25-36(26-28-37)54-30-29-35-13-3-12-24-53(35)57-54;16-15(17)14-9-10-5-1-2-6-11(10)12-7-3-4-8-13(12)14/h1-34H;1-9,16-17H.